The van der Waals surface area contributed by atoms with Gasteiger partial charge in [-0.05, 0) is 77.0 Å². The number of carbonyl (C=O) groups is 3. The second-order valence-corrected chi connectivity index (χ2v) is 20.6. The minimum atomic E-state index is -0.772. The normalized spacial score (nSPS) is 12.3. The van der Waals surface area contributed by atoms with E-state index in [2.05, 4.69) is 69.4 Å². The number of hydrogen-bond donors (Lipinski definition) is 0. The molecule has 0 bridgehead atoms. The van der Waals surface area contributed by atoms with Crippen LogP contribution in [-0.4, -0.2) is 37.2 Å². The molecule has 1 unspecified atom stereocenters. The molecule has 0 aromatic carbocycles. The average molecular weight is 982 g/mol. The third-order valence-electron chi connectivity index (χ3n) is 13.5. The highest BCUT2D eigenvalue weighted by molar-refractivity contribution is 5.71. The van der Waals surface area contributed by atoms with E-state index >= 15 is 0 Å². The molecular weight excluding hydrogens is 865 g/mol. The highest BCUT2D eigenvalue weighted by Gasteiger charge is 2.19. The first-order valence-corrected chi connectivity index (χ1v) is 30.6. The van der Waals surface area contributed by atoms with Crippen LogP contribution in [0.5, 0.6) is 0 Å². The quantitative estimate of drug-likeness (QED) is 0.0261. The summed E-state index contributed by atoms with van der Waals surface area (Å²) in [6.07, 6.45) is 72.7. The minimum Gasteiger partial charge on any atom is -0.462 e. The van der Waals surface area contributed by atoms with E-state index in [1.165, 1.54) is 199 Å². The molecule has 6 nitrogen and oxygen atoms in total. The molecule has 1 atom stereocenters. The molecule has 6 heteroatoms. The Morgan fingerprint density at radius 3 is 0.871 bits per heavy atom. The Labute approximate surface area is 435 Å². The first kappa shape index (κ1) is 67.4. The monoisotopic (exact) mass is 981 g/mol. The van der Waals surface area contributed by atoms with Crippen molar-refractivity contribution in [1.29, 1.82) is 0 Å². The molecule has 408 valence electrons. The fraction of sp³-hybridized carbons (Fsp3) is 0.828. The third-order valence-corrected chi connectivity index (χ3v) is 13.5. The maximum absolute atomic E-state index is 12.8. The predicted molar refractivity (Wildman–Crippen MR) is 302 cm³/mol. The fourth-order valence-electron chi connectivity index (χ4n) is 8.92. The van der Waals surface area contributed by atoms with Crippen molar-refractivity contribution in [3.8, 4) is 0 Å². The van der Waals surface area contributed by atoms with Crippen LogP contribution in [0.15, 0.2) is 48.6 Å². The summed E-state index contributed by atoms with van der Waals surface area (Å²) >= 11 is 0. The zero-order valence-corrected chi connectivity index (χ0v) is 46.8. The lowest BCUT2D eigenvalue weighted by Crippen LogP contribution is -2.30. The summed E-state index contributed by atoms with van der Waals surface area (Å²) in [6.45, 7) is 6.59. The maximum Gasteiger partial charge on any atom is 0.306 e. The fourth-order valence-corrected chi connectivity index (χ4v) is 8.92. The Morgan fingerprint density at radius 1 is 0.286 bits per heavy atom. The first-order chi connectivity index (χ1) is 34.5. The highest BCUT2D eigenvalue weighted by atomic mass is 16.6. The van der Waals surface area contributed by atoms with E-state index < -0.39 is 6.10 Å². The van der Waals surface area contributed by atoms with E-state index in [-0.39, 0.29) is 31.1 Å². The van der Waals surface area contributed by atoms with Crippen molar-refractivity contribution >= 4 is 17.9 Å². The summed E-state index contributed by atoms with van der Waals surface area (Å²) in [7, 11) is 0. The van der Waals surface area contributed by atoms with Crippen molar-refractivity contribution in [3.63, 3.8) is 0 Å². The summed E-state index contributed by atoms with van der Waals surface area (Å²) in [5, 5.41) is 0. The van der Waals surface area contributed by atoms with Gasteiger partial charge in [0.1, 0.15) is 13.2 Å². The van der Waals surface area contributed by atoms with Crippen LogP contribution in [-0.2, 0) is 28.6 Å². The van der Waals surface area contributed by atoms with Crippen molar-refractivity contribution in [3.05, 3.63) is 48.6 Å². The number of ether oxygens (including phenoxy) is 3. The number of unbranched alkanes of at least 4 members (excludes halogenated alkanes) is 37. The summed E-state index contributed by atoms with van der Waals surface area (Å²) in [5.41, 5.74) is 0. The Balaban J connectivity index is 4.11. The van der Waals surface area contributed by atoms with Crippen LogP contribution in [0, 0.1) is 0 Å². The number of carbonyl (C=O) groups excluding carboxylic acids is 3. The zero-order valence-electron chi connectivity index (χ0n) is 46.8. The number of esters is 3. The van der Waals surface area contributed by atoms with Crippen LogP contribution in [0.2, 0.25) is 0 Å². The molecule has 70 heavy (non-hydrogen) atoms. The van der Waals surface area contributed by atoms with Crippen molar-refractivity contribution < 1.29 is 28.6 Å². The molecule has 0 saturated carbocycles. The van der Waals surface area contributed by atoms with Crippen LogP contribution in [0.1, 0.15) is 323 Å². The van der Waals surface area contributed by atoms with E-state index in [4.69, 9.17) is 14.2 Å². The Hall–Kier alpha value is -2.63. The molecule has 0 aliphatic carbocycles. The van der Waals surface area contributed by atoms with Gasteiger partial charge < -0.3 is 14.2 Å². The van der Waals surface area contributed by atoms with Crippen LogP contribution >= 0.6 is 0 Å². The van der Waals surface area contributed by atoms with Gasteiger partial charge in [0.25, 0.3) is 0 Å². The van der Waals surface area contributed by atoms with Crippen LogP contribution < -0.4 is 0 Å². The van der Waals surface area contributed by atoms with E-state index in [1.54, 1.807) is 0 Å². The number of hydrogen-bond acceptors (Lipinski definition) is 6. The van der Waals surface area contributed by atoms with Crippen molar-refractivity contribution in [2.75, 3.05) is 13.2 Å². The van der Waals surface area contributed by atoms with Gasteiger partial charge in [-0.2, -0.15) is 0 Å². The molecule has 0 heterocycles. The molecular formula is C64H116O6. The molecule has 0 spiro atoms. The van der Waals surface area contributed by atoms with Gasteiger partial charge in [0.05, 0.1) is 0 Å². The average Bonchev–Trinajstić information content (AvgIpc) is 3.36. The van der Waals surface area contributed by atoms with Crippen molar-refractivity contribution in [2.24, 2.45) is 0 Å². The summed E-state index contributed by atoms with van der Waals surface area (Å²) in [4.78, 5) is 38.1. The van der Waals surface area contributed by atoms with Gasteiger partial charge in [0, 0.05) is 19.3 Å². The van der Waals surface area contributed by atoms with Gasteiger partial charge in [-0.3, -0.25) is 14.4 Å². The van der Waals surface area contributed by atoms with E-state index in [9.17, 15) is 14.4 Å². The molecule has 0 amide bonds. The smallest absolute Gasteiger partial charge is 0.306 e. The van der Waals surface area contributed by atoms with Gasteiger partial charge >= 0.3 is 17.9 Å². The standard InChI is InChI=1S/C64H116O6/c1-4-7-10-13-16-19-22-24-25-26-27-28-29-30-31-32-33-34-35-36-37-38-39-41-42-45-48-51-54-57-63(66)69-60-61(59-68-62(65)56-53-50-47-44-21-18-15-12-9-6-3)70-64(67)58-55-52-49-46-43-40-23-20-17-14-11-8-5-2/h12,15,22,24,26-27,29-30,61H,4-11,13-14,16-21,23,25,28,31-60H2,1-3H3/b15-12-,24-22-,27-26-,30-29-. The largest absolute Gasteiger partial charge is 0.462 e. The second-order valence-electron chi connectivity index (χ2n) is 20.6. The second kappa shape index (κ2) is 58.9. The van der Waals surface area contributed by atoms with Crippen molar-refractivity contribution in [2.45, 2.75) is 329 Å². The Kier molecular flexibility index (Phi) is 56.7. The van der Waals surface area contributed by atoms with Gasteiger partial charge in [-0.1, -0.05) is 275 Å². The molecule has 0 aliphatic rings. The predicted octanol–water partition coefficient (Wildman–Crippen LogP) is 20.6. The molecule has 0 N–H and O–H groups in total. The Morgan fingerprint density at radius 2 is 0.543 bits per heavy atom. The molecule has 0 saturated heterocycles. The SMILES string of the molecule is CCC/C=C\CCCCCCCC(=O)OCC(COC(=O)CCCCCCCCCCCCCCCC/C=C\C/C=C\C/C=C\CCCCCCC)OC(=O)CCCCCCCCCCCCCCC. The van der Waals surface area contributed by atoms with E-state index in [0.29, 0.717) is 19.3 Å². The molecule has 0 rings (SSSR count). The van der Waals surface area contributed by atoms with Gasteiger partial charge in [-0.25, -0.2) is 0 Å². The van der Waals surface area contributed by atoms with Crippen LogP contribution in [0.4, 0.5) is 0 Å². The lowest BCUT2D eigenvalue weighted by molar-refractivity contribution is -0.167. The lowest BCUT2D eigenvalue weighted by Gasteiger charge is -2.18. The van der Waals surface area contributed by atoms with Gasteiger partial charge in [-0.15, -0.1) is 0 Å². The topological polar surface area (TPSA) is 78.9 Å². The Bertz CT molecular complexity index is 1220. The van der Waals surface area contributed by atoms with Crippen LogP contribution in [0.25, 0.3) is 0 Å². The van der Waals surface area contributed by atoms with Gasteiger partial charge in [0.2, 0.25) is 0 Å². The molecule has 0 aromatic heterocycles. The van der Waals surface area contributed by atoms with Gasteiger partial charge in [0.15, 0.2) is 6.10 Å². The summed E-state index contributed by atoms with van der Waals surface area (Å²) in [5.74, 6) is -0.869. The first-order valence-electron chi connectivity index (χ1n) is 30.6. The molecule has 0 aromatic rings. The van der Waals surface area contributed by atoms with E-state index in [1.807, 2.05) is 0 Å². The summed E-state index contributed by atoms with van der Waals surface area (Å²) < 4.78 is 16.8. The van der Waals surface area contributed by atoms with Crippen molar-refractivity contribution in [1.82, 2.24) is 0 Å². The number of allylic oxidation sites excluding steroid dienone is 8. The third kappa shape index (κ3) is 56.3. The highest BCUT2D eigenvalue weighted by Crippen LogP contribution is 2.17. The van der Waals surface area contributed by atoms with Crippen LogP contribution in [0.3, 0.4) is 0 Å². The summed E-state index contributed by atoms with van der Waals surface area (Å²) in [6, 6.07) is 0. The lowest BCUT2D eigenvalue weighted by atomic mass is 10.0. The zero-order chi connectivity index (χ0) is 50.7. The molecule has 0 fully saturated rings. The molecule has 0 aliphatic heterocycles. The number of rotatable bonds is 56. The maximum atomic E-state index is 12.8. The molecule has 0 radical (unpaired) electrons. The van der Waals surface area contributed by atoms with E-state index in [0.717, 1.165) is 83.5 Å². The minimum absolute atomic E-state index is 0.0724.